The number of carbonyl (C=O) groups is 1. The van der Waals surface area contributed by atoms with Gasteiger partial charge in [0.25, 0.3) is 5.91 Å². The Morgan fingerprint density at radius 2 is 1.73 bits per heavy atom. The number of nitrogens with zero attached hydrogens (tertiary/aromatic N) is 7. The molecule has 1 aromatic carbocycles. The van der Waals surface area contributed by atoms with Crippen LogP contribution in [0.1, 0.15) is 16.8 Å². The Labute approximate surface area is 151 Å². The minimum absolute atomic E-state index is 0.0472. The third-order valence-electron chi connectivity index (χ3n) is 4.42. The first-order valence-corrected chi connectivity index (χ1v) is 8.59. The fourth-order valence-corrected chi connectivity index (χ4v) is 3.06. The van der Waals surface area contributed by atoms with Crippen molar-refractivity contribution in [3.8, 4) is 5.69 Å². The molecule has 1 aliphatic heterocycles. The summed E-state index contributed by atoms with van der Waals surface area (Å²) in [6.45, 7) is 2.96. The highest BCUT2D eigenvalue weighted by molar-refractivity contribution is 5.94. The minimum atomic E-state index is 0.0472. The topological polar surface area (TPSA) is 80.0 Å². The van der Waals surface area contributed by atoms with Gasteiger partial charge in [0, 0.05) is 44.1 Å². The summed E-state index contributed by atoms with van der Waals surface area (Å²) in [6, 6.07) is 9.23. The van der Waals surface area contributed by atoms with E-state index in [2.05, 4.69) is 25.2 Å². The van der Waals surface area contributed by atoms with Crippen LogP contribution in [0.3, 0.4) is 0 Å². The van der Waals surface area contributed by atoms with E-state index in [-0.39, 0.29) is 5.91 Å². The first kappa shape index (κ1) is 16.2. The maximum absolute atomic E-state index is 12.8. The van der Waals surface area contributed by atoms with Gasteiger partial charge in [-0.25, -0.2) is 14.6 Å². The predicted octanol–water partition coefficient (Wildman–Crippen LogP) is 1.41. The van der Waals surface area contributed by atoms with E-state index in [1.54, 1.807) is 35.5 Å². The van der Waals surface area contributed by atoms with Crippen molar-refractivity contribution in [3.63, 3.8) is 0 Å². The summed E-state index contributed by atoms with van der Waals surface area (Å²) < 4.78 is 1.66. The average Bonchev–Trinajstić information content (AvgIpc) is 3.13. The summed E-state index contributed by atoms with van der Waals surface area (Å²) in [7, 11) is 0. The highest BCUT2D eigenvalue weighted by Gasteiger charge is 2.21. The Morgan fingerprint density at radius 3 is 2.46 bits per heavy atom. The summed E-state index contributed by atoms with van der Waals surface area (Å²) in [5.74, 6) is 0.768. The maximum atomic E-state index is 12.8. The molecule has 1 amide bonds. The highest BCUT2D eigenvalue weighted by atomic mass is 16.2. The zero-order valence-corrected chi connectivity index (χ0v) is 14.3. The van der Waals surface area contributed by atoms with Gasteiger partial charge in [-0.15, -0.1) is 5.10 Å². The molecule has 1 fully saturated rings. The quantitative estimate of drug-likeness (QED) is 0.711. The first-order valence-electron chi connectivity index (χ1n) is 8.59. The van der Waals surface area contributed by atoms with E-state index in [9.17, 15) is 4.79 Å². The molecule has 0 N–H and O–H groups in total. The molecular formula is C18H19N7O. The van der Waals surface area contributed by atoms with Gasteiger partial charge in [0.05, 0.1) is 18.1 Å². The van der Waals surface area contributed by atoms with E-state index >= 15 is 0 Å². The number of aromatic nitrogens is 5. The normalized spacial score (nSPS) is 14.9. The lowest BCUT2D eigenvalue weighted by Crippen LogP contribution is -2.35. The number of carbonyl (C=O) groups excluding carboxylic acids is 1. The maximum Gasteiger partial charge on any atom is 0.253 e. The summed E-state index contributed by atoms with van der Waals surface area (Å²) in [4.78, 5) is 25.5. The van der Waals surface area contributed by atoms with Crippen LogP contribution < -0.4 is 4.90 Å². The zero-order valence-electron chi connectivity index (χ0n) is 14.3. The number of benzene rings is 1. The molecule has 1 saturated heterocycles. The fourth-order valence-electron chi connectivity index (χ4n) is 3.06. The molecule has 3 heterocycles. The van der Waals surface area contributed by atoms with E-state index < -0.39 is 0 Å². The van der Waals surface area contributed by atoms with Crippen LogP contribution >= 0.6 is 0 Å². The molecule has 2 aromatic heterocycles. The molecule has 0 radical (unpaired) electrons. The van der Waals surface area contributed by atoms with Crippen molar-refractivity contribution in [2.75, 3.05) is 31.1 Å². The van der Waals surface area contributed by atoms with Crippen molar-refractivity contribution in [2.45, 2.75) is 6.42 Å². The van der Waals surface area contributed by atoms with Crippen LogP contribution in [0.4, 0.5) is 5.95 Å². The van der Waals surface area contributed by atoms with Crippen LogP contribution in [0.5, 0.6) is 0 Å². The number of rotatable bonds is 3. The number of hydrogen-bond acceptors (Lipinski definition) is 6. The van der Waals surface area contributed by atoms with Gasteiger partial charge < -0.3 is 9.80 Å². The Kier molecular flexibility index (Phi) is 4.55. The molecule has 8 nitrogen and oxygen atoms in total. The van der Waals surface area contributed by atoms with Crippen LogP contribution in [0.25, 0.3) is 5.69 Å². The molecule has 0 spiro atoms. The minimum Gasteiger partial charge on any atom is -0.339 e. The van der Waals surface area contributed by atoms with Gasteiger partial charge in [0.2, 0.25) is 5.95 Å². The van der Waals surface area contributed by atoms with Crippen molar-refractivity contribution >= 4 is 11.9 Å². The fraction of sp³-hybridized carbons (Fsp3) is 0.278. The van der Waals surface area contributed by atoms with Gasteiger partial charge in [-0.2, -0.15) is 0 Å². The Hall–Kier alpha value is -3.29. The van der Waals surface area contributed by atoms with Crippen molar-refractivity contribution in [2.24, 2.45) is 0 Å². The zero-order chi connectivity index (χ0) is 17.8. The molecule has 0 saturated carbocycles. The van der Waals surface area contributed by atoms with Gasteiger partial charge in [-0.05, 0) is 36.8 Å². The summed E-state index contributed by atoms with van der Waals surface area (Å²) >= 11 is 0. The Bertz CT molecular complexity index is 849. The largest absolute Gasteiger partial charge is 0.339 e. The third kappa shape index (κ3) is 3.39. The van der Waals surface area contributed by atoms with Crippen LogP contribution in [0.15, 0.2) is 55.1 Å². The van der Waals surface area contributed by atoms with E-state index in [0.717, 1.165) is 37.7 Å². The molecule has 0 bridgehead atoms. The Balaban J connectivity index is 1.43. The molecule has 8 heteroatoms. The van der Waals surface area contributed by atoms with E-state index in [1.165, 1.54) is 0 Å². The van der Waals surface area contributed by atoms with Crippen LogP contribution in [0.2, 0.25) is 0 Å². The standard InChI is InChI=1S/C18H19N7O/c26-17(15-3-5-16(6-4-15)25-12-9-21-22-25)23-10-2-11-24(14-13-23)18-19-7-1-8-20-18/h1,3-9,12H,2,10-11,13-14H2. The van der Waals surface area contributed by atoms with Crippen molar-refractivity contribution in [3.05, 3.63) is 60.7 Å². The van der Waals surface area contributed by atoms with Gasteiger partial charge in [-0.1, -0.05) is 5.21 Å². The van der Waals surface area contributed by atoms with Gasteiger partial charge in [0.1, 0.15) is 0 Å². The monoisotopic (exact) mass is 349 g/mol. The smallest absolute Gasteiger partial charge is 0.253 e. The first-order chi connectivity index (χ1) is 12.8. The SMILES string of the molecule is O=C(c1ccc(-n2ccnn2)cc1)N1CCCN(c2ncccn2)CC1. The molecule has 132 valence electrons. The van der Waals surface area contributed by atoms with Crippen molar-refractivity contribution < 1.29 is 4.79 Å². The molecular weight excluding hydrogens is 330 g/mol. The number of hydrogen-bond donors (Lipinski definition) is 0. The van der Waals surface area contributed by atoms with Gasteiger partial charge >= 0.3 is 0 Å². The number of amides is 1. The molecule has 0 unspecified atom stereocenters. The van der Waals surface area contributed by atoms with E-state index in [0.29, 0.717) is 12.1 Å². The van der Waals surface area contributed by atoms with Gasteiger partial charge in [0.15, 0.2) is 0 Å². The van der Waals surface area contributed by atoms with Crippen molar-refractivity contribution in [1.82, 2.24) is 29.9 Å². The van der Waals surface area contributed by atoms with Crippen molar-refractivity contribution in [1.29, 1.82) is 0 Å². The lowest BCUT2D eigenvalue weighted by molar-refractivity contribution is 0.0767. The molecule has 4 rings (SSSR count). The van der Waals surface area contributed by atoms with Crippen LogP contribution in [-0.2, 0) is 0 Å². The summed E-state index contributed by atoms with van der Waals surface area (Å²) in [5, 5.41) is 7.75. The second-order valence-corrected chi connectivity index (χ2v) is 6.08. The Morgan fingerprint density at radius 1 is 0.923 bits per heavy atom. The predicted molar refractivity (Wildman–Crippen MR) is 96.1 cm³/mol. The lowest BCUT2D eigenvalue weighted by atomic mass is 10.1. The molecule has 0 atom stereocenters. The van der Waals surface area contributed by atoms with E-state index in [4.69, 9.17) is 0 Å². The molecule has 26 heavy (non-hydrogen) atoms. The summed E-state index contributed by atoms with van der Waals surface area (Å²) in [5.41, 5.74) is 1.56. The second kappa shape index (κ2) is 7.30. The van der Waals surface area contributed by atoms with Crippen LogP contribution in [0, 0.1) is 0 Å². The molecule has 3 aromatic rings. The second-order valence-electron chi connectivity index (χ2n) is 6.08. The molecule has 0 aliphatic carbocycles. The summed E-state index contributed by atoms with van der Waals surface area (Å²) in [6.07, 6.45) is 7.77. The van der Waals surface area contributed by atoms with E-state index in [1.807, 2.05) is 29.2 Å². The average molecular weight is 349 g/mol. The van der Waals surface area contributed by atoms with Crippen LogP contribution in [-0.4, -0.2) is 61.9 Å². The highest BCUT2D eigenvalue weighted by Crippen LogP contribution is 2.14. The number of anilines is 1. The van der Waals surface area contributed by atoms with Gasteiger partial charge in [-0.3, -0.25) is 4.79 Å². The third-order valence-corrected chi connectivity index (χ3v) is 4.42. The molecule has 1 aliphatic rings. The lowest BCUT2D eigenvalue weighted by Gasteiger charge is -2.22.